The lowest BCUT2D eigenvalue weighted by Crippen LogP contribution is -2.34. The van der Waals surface area contributed by atoms with Crippen molar-refractivity contribution in [3.8, 4) is 0 Å². The fourth-order valence-corrected chi connectivity index (χ4v) is 2.66. The molecule has 0 bridgehead atoms. The zero-order valence-electron chi connectivity index (χ0n) is 13.6. The van der Waals surface area contributed by atoms with Crippen LogP contribution < -0.4 is 10.6 Å². The zero-order chi connectivity index (χ0) is 17.5. The first-order chi connectivity index (χ1) is 11.5. The van der Waals surface area contributed by atoms with Crippen molar-refractivity contribution in [3.63, 3.8) is 0 Å². The van der Waals surface area contributed by atoms with Crippen molar-refractivity contribution in [1.29, 1.82) is 0 Å². The van der Waals surface area contributed by atoms with Crippen LogP contribution >= 0.6 is 0 Å². The molecule has 0 saturated heterocycles. The molecule has 0 saturated carbocycles. The molecule has 128 valence electrons. The van der Waals surface area contributed by atoms with Gasteiger partial charge in [0.25, 0.3) is 5.91 Å². The van der Waals surface area contributed by atoms with Crippen LogP contribution in [-0.4, -0.2) is 29.4 Å². The summed E-state index contributed by atoms with van der Waals surface area (Å²) in [6, 6.07) is 6.56. The minimum atomic E-state index is -0.956. The number of aliphatic carboxylic acids is 1. The molecule has 0 heterocycles. The average Bonchev–Trinajstić information content (AvgIpc) is 2.60. The van der Waals surface area contributed by atoms with Gasteiger partial charge in [-0.1, -0.05) is 19.1 Å². The summed E-state index contributed by atoms with van der Waals surface area (Å²) in [4.78, 5) is 35.5. The quantitative estimate of drug-likeness (QED) is 0.698. The van der Waals surface area contributed by atoms with Gasteiger partial charge in [-0.2, -0.15) is 0 Å². The Labute approximate surface area is 140 Å². The van der Waals surface area contributed by atoms with Crippen LogP contribution in [0.3, 0.4) is 0 Å². The summed E-state index contributed by atoms with van der Waals surface area (Å²) in [6.07, 6.45) is 5.28. The van der Waals surface area contributed by atoms with E-state index in [1.807, 2.05) is 13.0 Å². The van der Waals surface area contributed by atoms with Crippen molar-refractivity contribution in [3.05, 3.63) is 42.0 Å². The fraction of sp³-hybridized carbons (Fsp3) is 0.389. The third-order valence-electron chi connectivity index (χ3n) is 4.04. The molecule has 1 aliphatic rings. The van der Waals surface area contributed by atoms with Crippen molar-refractivity contribution in [2.24, 2.45) is 11.8 Å². The van der Waals surface area contributed by atoms with Gasteiger partial charge in [0.05, 0.1) is 11.8 Å². The Bertz CT molecular complexity index is 637. The van der Waals surface area contributed by atoms with Crippen molar-refractivity contribution in [2.45, 2.75) is 26.2 Å². The van der Waals surface area contributed by atoms with Crippen LogP contribution in [0.25, 0.3) is 0 Å². The van der Waals surface area contributed by atoms with Crippen molar-refractivity contribution in [1.82, 2.24) is 5.32 Å². The second-order valence-corrected chi connectivity index (χ2v) is 5.82. The van der Waals surface area contributed by atoms with E-state index >= 15 is 0 Å². The lowest BCUT2D eigenvalue weighted by atomic mass is 9.82. The molecule has 2 atom stereocenters. The summed E-state index contributed by atoms with van der Waals surface area (Å²) in [5, 5.41) is 14.8. The Hall–Kier alpha value is -2.63. The monoisotopic (exact) mass is 330 g/mol. The molecule has 6 heteroatoms. The zero-order valence-corrected chi connectivity index (χ0v) is 13.6. The number of benzene rings is 1. The number of allylic oxidation sites excluding steroid dienone is 2. The van der Waals surface area contributed by atoms with Gasteiger partial charge in [0.2, 0.25) is 5.91 Å². The molecule has 1 aromatic rings. The van der Waals surface area contributed by atoms with Crippen molar-refractivity contribution in [2.75, 3.05) is 11.9 Å². The van der Waals surface area contributed by atoms with Crippen LogP contribution in [-0.2, 0) is 9.59 Å². The first kappa shape index (κ1) is 17.7. The summed E-state index contributed by atoms with van der Waals surface area (Å²) in [5.74, 6) is -2.70. The van der Waals surface area contributed by atoms with Crippen LogP contribution in [0, 0.1) is 11.8 Å². The number of nitrogens with one attached hydrogen (secondary N) is 2. The largest absolute Gasteiger partial charge is 0.481 e. The van der Waals surface area contributed by atoms with Gasteiger partial charge in [0.1, 0.15) is 0 Å². The molecule has 2 amide bonds. The van der Waals surface area contributed by atoms with Gasteiger partial charge >= 0.3 is 5.97 Å². The second kappa shape index (κ2) is 8.29. The van der Waals surface area contributed by atoms with E-state index < -0.39 is 17.8 Å². The molecule has 0 unspecified atom stereocenters. The van der Waals surface area contributed by atoms with E-state index in [9.17, 15) is 19.5 Å². The molecule has 6 nitrogen and oxygen atoms in total. The predicted octanol–water partition coefficient (Wildman–Crippen LogP) is 2.43. The highest BCUT2D eigenvalue weighted by Gasteiger charge is 2.33. The molecular formula is C18H22N2O4. The first-order valence-electron chi connectivity index (χ1n) is 8.10. The Balaban J connectivity index is 2.00. The third kappa shape index (κ3) is 4.44. The van der Waals surface area contributed by atoms with Crippen molar-refractivity contribution < 1.29 is 19.5 Å². The molecule has 1 aliphatic carbocycles. The number of carbonyl (C=O) groups is 3. The second-order valence-electron chi connectivity index (χ2n) is 5.82. The highest BCUT2D eigenvalue weighted by atomic mass is 16.4. The number of hydrogen-bond acceptors (Lipinski definition) is 3. The van der Waals surface area contributed by atoms with E-state index in [0.717, 1.165) is 6.42 Å². The molecule has 0 aromatic heterocycles. The number of anilines is 1. The molecule has 0 fully saturated rings. The van der Waals surface area contributed by atoms with Crippen LogP contribution in [0.4, 0.5) is 5.69 Å². The number of carboxylic acid groups (broad SMARTS) is 1. The molecule has 0 radical (unpaired) electrons. The first-order valence-corrected chi connectivity index (χ1v) is 8.10. The smallest absolute Gasteiger partial charge is 0.307 e. The summed E-state index contributed by atoms with van der Waals surface area (Å²) in [6.45, 7) is 2.59. The standard InChI is InChI=1S/C18H22N2O4/c1-2-11-19-16(21)12-7-9-13(10-8-12)20-17(22)14-5-3-4-6-15(14)18(23)24/h3-4,7-10,14-15H,2,5-6,11H2,1H3,(H,19,21)(H,20,22)(H,23,24)/t14-,15+/m0/s1. The number of carbonyl (C=O) groups excluding carboxylic acids is 2. The molecular weight excluding hydrogens is 308 g/mol. The molecule has 0 spiro atoms. The summed E-state index contributed by atoms with van der Waals surface area (Å²) >= 11 is 0. The Morgan fingerprint density at radius 3 is 2.29 bits per heavy atom. The summed E-state index contributed by atoms with van der Waals surface area (Å²) in [5.41, 5.74) is 1.07. The molecule has 2 rings (SSSR count). The van der Waals surface area contributed by atoms with Crippen LogP contribution in [0.5, 0.6) is 0 Å². The third-order valence-corrected chi connectivity index (χ3v) is 4.04. The lowest BCUT2D eigenvalue weighted by Gasteiger charge is -2.24. The number of carboxylic acids is 1. The highest BCUT2D eigenvalue weighted by molar-refractivity contribution is 5.97. The minimum Gasteiger partial charge on any atom is -0.481 e. The lowest BCUT2D eigenvalue weighted by molar-refractivity contribution is -0.146. The van der Waals surface area contributed by atoms with Gasteiger partial charge in [-0.05, 0) is 43.5 Å². The van der Waals surface area contributed by atoms with Gasteiger partial charge in [-0.3, -0.25) is 14.4 Å². The van der Waals surface area contributed by atoms with Crippen LogP contribution in [0.2, 0.25) is 0 Å². The average molecular weight is 330 g/mol. The number of rotatable bonds is 6. The van der Waals surface area contributed by atoms with Crippen LogP contribution in [0.1, 0.15) is 36.5 Å². The van der Waals surface area contributed by atoms with Gasteiger partial charge in [0, 0.05) is 17.8 Å². The Kier molecular flexibility index (Phi) is 6.12. The molecule has 1 aromatic carbocycles. The van der Waals surface area contributed by atoms with Gasteiger partial charge in [-0.15, -0.1) is 0 Å². The minimum absolute atomic E-state index is 0.155. The number of amides is 2. The molecule has 3 N–H and O–H groups in total. The maximum atomic E-state index is 12.4. The highest BCUT2D eigenvalue weighted by Crippen LogP contribution is 2.27. The van der Waals surface area contributed by atoms with E-state index in [1.165, 1.54) is 0 Å². The van der Waals surface area contributed by atoms with Gasteiger partial charge < -0.3 is 15.7 Å². The SMILES string of the molecule is CCCNC(=O)c1ccc(NC(=O)[C@H]2CC=CC[C@H]2C(=O)O)cc1. The predicted molar refractivity (Wildman–Crippen MR) is 90.7 cm³/mol. The maximum Gasteiger partial charge on any atom is 0.307 e. The number of hydrogen-bond donors (Lipinski definition) is 3. The normalized spacial score (nSPS) is 19.5. The fourth-order valence-electron chi connectivity index (χ4n) is 2.66. The molecule has 0 aliphatic heterocycles. The topological polar surface area (TPSA) is 95.5 Å². The van der Waals surface area contributed by atoms with E-state index in [4.69, 9.17) is 0 Å². The van der Waals surface area contributed by atoms with Crippen molar-refractivity contribution >= 4 is 23.5 Å². The summed E-state index contributed by atoms with van der Waals surface area (Å²) in [7, 11) is 0. The van der Waals surface area contributed by atoms with E-state index in [1.54, 1.807) is 30.3 Å². The molecule has 24 heavy (non-hydrogen) atoms. The Morgan fingerprint density at radius 1 is 1.08 bits per heavy atom. The van der Waals surface area contributed by atoms with Gasteiger partial charge in [-0.25, -0.2) is 0 Å². The Morgan fingerprint density at radius 2 is 1.71 bits per heavy atom. The van der Waals surface area contributed by atoms with Crippen LogP contribution in [0.15, 0.2) is 36.4 Å². The van der Waals surface area contributed by atoms with E-state index in [-0.39, 0.29) is 11.8 Å². The summed E-state index contributed by atoms with van der Waals surface area (Å²) < 4.78 is 0. The maximum absolute atomic E-state index is 12.4. The van der Waals surface area contributed by atoms with Gasteiger partial charge in [0.15, 0.2) is 0 Å². The van der Waals surface area contributed by atoms with E-state index in [0.29, 0.717) is 30.6 Å². The van der Waals surface area contributed by atoms with E-state index in [2.05, 4.69) is 10.6 Å².